The number of Topliss-reactive ketones (excluding diaryl/α,β-unsaturated/α-hetero) is 1. The lowest BCUT2D eigenvalue weighted by molar-refractivity contribution is -0.170. The third-order valence-electron chi connectivity index (χ3n) is 3.97. The summed E-state index contributed by atoms with van der Waals surface area (Å²) < 4.78 is 13.6. The average molecular weight is 258 g/mol. The Balaban J connectivity index is 2.69. The van der Waals surface area contributed by atoms with E-state index in [1.807, 2.05) is 13.8 Å². The Kier molecular flexibility index (Phi) is 4.51. The van der Waals surface area contributed by atoms with Crippen molar-refractivity contribution >= 4 is 11.8 Å². The molecular formula is C14H23FO3. The monoisotopic (exact) mass is 258 g/mol. The van der Waals surface area contributed by atoms with E-state index in [1.54, 1.807) is 0 Å². The van der Waals surface area contributed by atoms with Gasteiger partial charge in [-0.3, -0.25) is 9.59 Å². The number of carbonyl (C=O) groups excluding carboxylic acids is 1. The molecule has 0 aromatic rings. The lowest BCUT2D eigenvalue weighted by Gasteiger charge is -2.47. The lowest BCUT2D eigenvalue weighted by Crippen LogP contribution is -2.53. The average Bonchev–Trinajstić information content (AvgIpc) is 2.22. The molecule has 1 atom stereocenters. The van der Waals surface area contributed by atoms with Crippen LogP contribution < -0.4 is 0 Å². The van der Waals surface area contributed by atoms with E-state index >= 15 is 0 Å². The van der Waals surface area contributed by atoms with Crippen LogP contribution in [0.2, 0.25) is 0 Å². The number of rotatable bonds is 7. The third kappa shape index (κ3) is 3.09. The van der Waals surface area contributed by atoms with Gasteiger partial charge in [0.2, 0.25) is 0 Å². The SMILES string of the molecule is CCCC(CC)C(=O)CC1(C(=O)O)CC(C)(F)C1. The number of halogens is 1. The number of carbonyl (C=O) groups is 2. The van der Waals surface area contributed by atoms with E-state index in [9.17, 15) is 19.1 Å². The van der Waals surface area contributed by atoms with Gasteiger partial charge in [0.15, 0.2) is 0 Å². The van der Waals surface area contributed by atoms with Crippen LogP contribution in [-0.2, 0) is 9.59 Å². The van der Waals surface area contributed by atoms with Crippen molar-refractivity contribution in [2.45, 2.75) is 65.0 Å². The predicted molar refractivity (Wildman–Crippen MR) is 67.1 cm³/mol. The van der Waals surface area contributed by atoms with Crippen LogP contribution in [0.3, 0.4) is 0 Å². The molecule has 1 fully saturated rings. The number of hydrogen-bond acceptors (Lipinski definition) is 2. The van der Waals surface area contributed by atoms with Crippen LogP contribution in [0, 0.1) is 11.3 Å². The molecule has 0 radical (unpaired) electrons. The summed E-state index contributed by atoms with van der Waals surface area (Å²) in [6.07, 6.45) is 2.34. The normalized spacial score (nSPS) is 32.7. The molecule has 0 aromatic carbocycles. The molecule has 0 heterocycles. The molecule has 0 saturated heterocycles. The maximum atomic E-state index is 13.6. The van der Waals surface area contributed by atoms with Gasteiger partial charge >= 0.3 is 5.97 Å². The van der Waals surface area contributed by atoms with E-state index in [0.717, 1.165) is 19.3 Å². The number of hydrogen-bond donors (Lipinski definition) is 1. The second-order valence-corrected chi connectivity index (χ2v) is 5.89. The first-order valence-corrected chi connectivity index (χ1v) is 6.71. The number of carboxylic acids is 1. The Bertz CT molecular complexity index is 328. The molecule has 1 rings (SSSR count). The Morgan fingerprint density at radius 1 is 1.33 bits per heavy atom. The zero-order valence-electron chi connectivity index (χ0n) is 11.5. The molecule has 0 bridgehead atoms. The fraction of sp³-hybridized carbons (Fsp3) is 0.857. The molecule has 0 spiro atoms. The van der Waals surface area contributed by atoms with Crippen LogP contribution in [0.15, 0.2) is 0 Å². The fourth-order valence-corrected chi connectivity index (χ4v) is 3.13. The van der Waals surface area contributed by atoms with Crippen molar-refractivity contribution in [3.8, 4) is 0 Å². The van der Waals surface area contributed by atoms with Crippen molar-refractivity contribution in [2.75, 3.05) is 0 Å². The Morgan fingerprint density at radius 2 is 1.89 bits per heavy atom. The van der Waals surface area contributed by atoms with Crippen LogP contribution in [0.1, 0.15) is 59.3 Å². The molecular weight excluding hydrogens is 235 g/mol. The summed E-state index contributed by atoms with van der Waals surface area (Å²) in [5, 5.41) is 9.23. The number of ketones is 1. The van der Waals surface area contributed by atoms with Gasteiger partial charge in [-0.15, -0.1) is 0 Å². The molecule has 3 nitrogen and oxygen atoms in total. The molecule has 1 aliphatic rings. The van der Waals surface area contributed by atoms with Crippen molar-refractivity contribution in [1.82, 2.24) is 0 Å². The molecule has 104 valence electrons. The summed E-state index contributed by atoms with van der Waals surface area (Å²) in [7, 11) is 0. The Hall–Kier alpha value is -0.930. The van der Waals surface area contributed by atoms with E-state index in [-0.39, 0.29) is 31.0 Å². The van der Waals surface area contributed by atoms with E-state index in [1.165, 1.54) is 6.92 Å². The van der Waals surface area contributed by atoms with Gasteiger partial charge < -0.3 is 5.11 Å². The lowest BCUT2D eigenvalue weighted by atomic mass is 9.58. The summed E-state index contributed by atoms with van der Waals surface area (Å²) in [6, 6.07) is 0. The Morgan fingerprint density at radius 3 is 2.22 bits per heavy atom. The first-order valence-electron chi connectivity index (χ1n) is 6.71. The van der Waals surface area contributed by atoms with Crippen LogP contribution in [0.4, 0.5) is 4.39 Å². The molecule has 0 aliphatic heterocycles. The third-order valence-corrected chi connectivity index (χ3v) is 3.97. The minimum atomic E-state index is -1.43. The van der Waals surface area contributed by atoms with Crippen molar-refractivity contribution in [1.29, 1.82) is 0 Å². The summed E-state index contributed by atoms with van der Waals surface area (Å²) >= 11 is 0. The number of carboxylic acid groups (broad SMARTS) is 1. The second kappa shape index (κ2) is 5.37. The van der Waals surface area contributed by atoms with E-state index in [0.29, 0.717) is 0 Å². The smallest absolute Gasteiger partial charge is 0.310 e. The van der Waals surface area contributed by atoms with Crippen LogP contribution in [-0.4, -0.2) is 22.5 Å². The molecule has 18 heavy (non-hydrogen) atoms. The van der Waals surface area contributed by atoms with Crippen molar-refractivity contribution < 1.29 is 19.1 Å². The van der Waals surface area contributed by atoms with Gasteiger partial charge in [0, 0.05) is 12.3 Å². The van der Waals surface area contributed by atoms with Crippen LogP contribution in [0.25, 0.3) is 0 Å². The van der Waals surface area contributed by atoms with Gasteiger partial charge in [-0.1, -0.05) is 20.3 Å². The predicted octanol–water partition coefficient (Wildman–Crippen LogP) is 3.36. The summed E-state index contributed by atoms with van der Waals surface area (Å²) in [6.45, 7) is 5.35. The highest BCUT2D eigenvalue weighted by Gasteiger charge is 2.58. The van der Waals surface area contributed by atoms with Gasteiger partial charge in [-0.25, -0.2) is 4.39 Å². The van der Waals surface area contributed by atoms with Crippen molar-refractivity contribution in [3.05, 3.63) is 0 Å². The molecule has 0 amide bonds. The van der Waals surface area contributed by atoms with Crippen molar-refractivity contribution in [2.24, 2.45) is 11.3 Å². The van der Waals surface area contributed by atoms with Gasteiger partial charge in [0.05, 0.1) is 5.41 Å². The Labute approximate surface area is 108 Å². The molecule has 1 saturated carbocycles. The van der Waals surface area contributed by atoms with Gasteiger partial charge in [0.25, 0.3) is 0 Å². The maximum Gasteiger partial charge on any atom is 0.310 e. The highest BCUT2D eigenvalue weighted by Crippen LogP contribution is 2.53. The van der Waals surface area contributed by atoms with E-state index in [2.05, 4.69) is 0 Å². The fourth-order valence-electron chi connectivity index (χ4n) is 3.13. The van der Waals surface area contributed by atoms with E-state index < -0.39 is 17.1 Å². The minimum absolute atomic E-state index is 0.0135. The van der Waals surface area contributed by atoms with E-state index in [4.69, 9.17) is 0 Å². The van der Waals surface area contributed by atoms with Gasteiger partial charge in [-0.2, -0.15) is 0 Å². The van der Waals surface area contributed by atoms with Crippen LogP contribution >= 0.6 is 0 Å². The molecule has 1 aliphatic carbocycles. The topological polar surface area (TPSA) is 54.4 Å². The highest BCUT2D eigenvalue weighted by atomic mass is 19.1. The standard InChI is InChI=1S/C14H23FO3/c1-4-6-10(5-2)11(16)7-14(12(17)18)8-13(3,15)9-14/h10H,4-9H2,1-3H3,(H,17,18). The van der Waals surface area contributed by atoms with Crippen molar-refractivity contribution in [3.63, 3.8) is 0 Å². The highest BCUT2D eigenvalue weighted by molar-refractivity contribution is 5.88. The summed E-state index contributed by atoms with van der Waals surface area (Å²) in [5.41, 5.74) is -2.58. The maximum absolute atomic E-state index is 13.6. The van der Waals surface area contributed by atoms with Gasteiger partial charge in [-0.05, 0) is 32.6 Å². The summed E-state index contributed by atoms with van der Waals surface area (Å²) in [5.74, 6) is -1.12. The first-order chi connectivity index (χ1) is 8.26. The molecule has 1 N–H and O–H groups in total. The molecule has 4 heteroatoms. The van der Waals surface area contributed by atoms with Crippen LogP contribution in [0.5, 0.6) is 0 Å². The van der Waals surface area contributed by atoms with Gasteiger partial charge in [0.1, 0.15) is 11.5 Å². The summed E-state index contributed by atoms with van der Waals surface area (Å²) in [4.78, 5) is 23.4. The molecule has 0 aromatic heterocycles. The minimum Gasteiger partial charge on any atom is -0.481 e. The molecule has 1 unspecified atom stereocenters. The number of aliphatic carboxylic acids is 1. The quantitative estimate of drug-likeness (QED) is 0.761. The second-order valence-electron chi connectivity index (χ2n) is 5.89. The largest absolute Gasteiger partial charge is 0.481 e. The zero-order chi connectivity index (χ0) is 14.0. The first kappa shape index (κ1) is 15.1. The number of alkyl halides is 1. The zero-order valence-corrected chi connectivity index (χ0v) is 11.5.